The molecule has 128 valence electrons. The van der Waals surface area contributed by atoms with Crippen molar-refractivity contribution >= 4 is 34.6 Å². The van der Waals surface area contributed by atoms with Gasteiger partial charge in [0.25, 0.3) is 5.91 Å². The summed E-state index contributed by atoms with van der Waals surface area (Å²) in [6.45, 7) is 1.97. The number of alkyl halides is 3. The van der Waals surface area contributed by atoms with Crippen LogP contribution in [0, 0.1) is 6.92 Å². The molecule has 1 saturated heterocycles. The summed E-state index contributed by atoms with van der Waals surface area (Å²) in [5.41, 5.74) is 1.61. The van der Waals surface area contributed by atoms with Crippen LogP contribution in [0.25, 0.3) is 6.08 Å². The molecule has 1 heterocycles. The number of rotatable bonds is 2. The van der Waals surface area contributed by atoms with Crippen molar-refractivity contribution in [3.8, 4) is 0 Å². The maximum absolute atomic E-state index is 12.6. The van der Waals surface area contributed by atoms with Gasteiger partial charge in [-0.15, -0.1) is 0 Å². The molecule has 25 heavy (non-hydrogen) atoms. The van der Waals surface area contributed by atoms with Gasteiger partial charge in [-0.2, -0.15) is 13.2 Å². The minimum Gasteiger partial charge on any atom is -0.300 e. The van der Waals surface area contributed by atoms with E-state index in [0.717, 1.165) is 29.5 Å². The maximum atomic E-state index is 12.6. The van der Waals surface area contributed by atoms with Crippen LogP contribution >= 0.6 is 11.8 Å². The molecule has 3 nitrogen and oxygen atoms in total. The maximum Gasteiger partial charge on any atom is 0.416 e. The Labute approximate surface area is 146 Å². The third-order valence-electron chi connectivity index (χ3n) is 3.45. The van der Waals surface area contributed by atoms with E-state index in [1.807, 2.05) is 31.2 Å². The molecule has 1 amide bonds. The van der Waals surface area contributed by atoms with Crippen molar-refractivity contribution in [1.29, 1.82) is 0 Å². The van der Waals surface area contributed by atoms with Crippen molar-refractivity contribution in [2.45, 2.75) is 13.1 Å². The van der Waals surface area contributed by atoms with Gasteiger partial charge in [-0.05, 0) is 54.6 Å². The molecule has 0 radical (unpaired) electrons. The van der Waals surface area contributed by atoms with Crippen LogP contribution in [0.2, 0.25) is 0 Å². The predicted octanol–water partition coefficient (Wildman–Crippen LogP) is 4.91. The van der Waals surface area contributed by atoms with Crippen LogP contribution < -0.4 is 5.32 Å². The number of amides is 1. The van der Waals surface area contributed by atoms with Crippen LogP contribution in [0.15, 0.2) is 58.4 Å². The number of nitrogens with one attached hydrogen (secondary N) is 1. The zero-order chi connectivity index (χ0) is 18.0. The van der Waals surface area contributed by atoms with Gasteiger partial charge in [0, 0.05) is 0 Å². The molecule has 1 fully saturated rings. The van der Waals surface area contributed by atoms with E-state index in [9.17, 15) is 18.0 Å². The lowest BCUT2D eigenvalue weighted by atomic mass is 10.1. The van der Waals surface area contributed by atoms with Gasteiger partial charge in [-0.1, -0.05) is 29.8 Å². The van der Waals surface area contributed by atoms with Crippen molar-refractivity contribution in [3.05, 3.63) is 70.1 Å². The van der Waals surface area contributed by atoms with Gasteiger partial charge in [0.1, 0.15) is 0 Å². The third kappa shape index (κ3) is 4.30. The standard InChI is InChI=1S/C18H13F3N2OS/c1-11-2-8-14(9-3-11)22-17-23-16(24)15(25-17)10-12-4-6-13(7-5-12)18(19,20)21/h2-10H,1H3,(H,22,23,24)/b15-10+. The molecule has 1 aliphatic heterocycles. The third-order valence-corrected chi connectivity index (χ3v) is 4.36. The van der Waals surface area contributed by atoms with Crippen molar-refractivity contribution in [2.75, 3.05) is 0 Å². The van der Waals surface area contributed by atoms with Gasteiger partial charge >= 0.3 is 6.18 Å². The number of halogens is 3. The quantitative estimate of drug-likeness (QED) is 0.772. The van der Waals surface area contributed by atoms with E-state index in [-0.39, 0.29) is 5.91 Å². The highest BCUT2D eigenvalue weighted by Crippen LogP contribution is 2.31. The summed E-state index contributed by atoms with van der Waals surface area (Å²) in [6.07, 6.45) is -2.84. The summed E-state index contributed by atoms with van der Waals surface area (Å²) in [6, 6.07) is 12.2. The molecule has 1 aliphatic rings. The first kappa shape index (κ1) is 17.3. The molecule has 0 saturated carbocycles. The molecule has 0 aliphatic carbocycles. The topological polar surface area (TPSA) is 41.5 Å². The molecule has 0 bridgehead atoms. The summed E-state index contributed by atoms with van der Waals surface area (Å²) in [5.74, 6) is -0.323. The van der Waals surface area contributed by atoms with Gasteiger partial charge in [-0.3, -0.25) is 4.79 Å². The number of aliphatic imine (C=N–C) groups is 1. The van der Waals surface area contributed by atoms with Crippen molar-refractivity contribution in [1.82, 2.24) is 5.32 Å². The van der Waals surface area contributed by atoms with Gasteiger partial charge in [0.2, 0.25) is 0 Å². The van der Waals surface area contributed by atoms with Crippen molar-refractivity contribution in [3.63, 3.8) is 0 Å². The fourth-order valence-electron chi connectivity index (χ4n) is 2.14. The smallest absolute Gasteiger partial charge is 0.300 e. The molecule has 3 rings (SSSR count). The first-order valence-electron chi connectivity index (χ1n) is 7.35. The lowest BCUT2D eigenvalue weighted by molar-refractivity contribution is -0.137. The second-order valence-corrected chi connectivity index (χ2v) is 6.47. The van der Waals surface area contributed by atoms with Crippen LogP contribution in [-0.4, -0.2) is 11.1 Å². The fourth-order valence-corrected chi connectivity index (χ4v) is 2.98. The number of nitrogens with zero attached hydrogens (tertiary/aromatic N) is 1. The minimum atomic E-state index is -4.38. The number of benzene rings is 2. The van der Waals surface area contributed by atoms with E-state index in [2.05, 4.69) is 10.3 Å². The first-order chi connectivity index (χ1) is 11.8. The second-order valence-electron chi connectivity index (χ2n) is 5.44. The van der Waals surface area contributed by atoms with E-state index in [4.69, 9.17) is 0 Å². The molecule has 0 unspecified atom stereocenters. The average Bonchev–Trinajstić information content (AvgIpc) is 2.89. The lowest BCUT2D eigenvalue weighted by Gasteiger charge is -2.06. The molecule has 2 aromatic rings. The number of carbonyl (C=O) groups is 1. The molecule has 2 aromatic carbocycles. The van der Waals surface area contributed by atoms with Crippen molar-refractivity contribution in [2.24, 2.45) is 4.99 Å². The van der Waals surface area contributed by atoms with Gasteiger partial charge < -0.3 is 5.32 Å². The molecule has 7 heteroatoms. The van der Waals surface area contributed by atoms with E-state index in [1.54, 1.807) is 0 Å². The highest BCUT2D eigenvalue weighted by atomic mass is 32.2. The first-order valence-corrected chi connectivity index (χ1v) is 8.16. The Morgan fingerprint density at radius 2 is 1.68 bits per heavy atom. The number of aryl methyl sites for hydroxylation is 1. The van der Waals surface area contributed by atoms with Crippen molar-refractivity contribution < 1.29 is 18.0 Å². The van der Waals surface area contributed by atoms with Gasteiger partial charge in [0.05, 0.1) is 16.2 Å². The molecule has 0 aromatic heterocycles. The molecule has 1 N–H and O–H groups in total. The predicted molar refractivity (Wildman–Crippen MR) is 93.4 cm³/mol. The number of hydrogen-bond donors (Lipinski definition) is 1. The van der Waals surface area contributed by atoms with Crippen LogP contribution in [0.5, 0.6) is 0 Å². The highest BCUT2D eigenvalue weighted by molar-refractivity contribution is 8.18. The van der Waals surface area contributed by atoms with Crippen LogP contribution in [0.4, 0.5) is 18.9 Å². The lowest BCUT2D eigenvalue weighted by Crippen LogP contribution is -2.19. The number of amidine groups is 1. The van der Waals surface area contributed by atoms with Crippen LogP contribution in [-0.2, 0) is 11.0 Å². The monoisotopic (exact) mass is 362 g/mol. The normalized spacial score (nSPS) is 18.0. The van der Waals surface area contributed by atoms with Crippen LogP contribution in [0.1, 0.15) is 16.7 Å². The minimum absolute atomic E-state index is 0.323. The van der Waals surface area contributed by atoms with Crippen LogP contribution in [0.3, 0.4) is 0 Å². The number of thioether (sulfide) groups is 1. The molecule has 0 spiro atoms. The summed E-state index contributed by atoms with van der Waals surface area (Å²) < 4.78 is 37.7. The Balaban J connectivity index is 1.78. The SMILES string of the molecule is Cc1ccc(N=C2NC(=O)/C(=C\c3ccc(C(F)(F)F)cc3)S2)cc1. The average molecular weight is 362 g/mol. The largest absolute Gasteiger partial charge is 0.416 e. The fraction of sp³-hybridized carbons (Fsp3) is 0.111. The number of carbonyl (C=O) groups excluding carboxylic acids is 1. The highest BCUT2D eigenvalue weighted by Gasteiger charge is 2.30. The van der Waals surface area contributed by atoms with E-state index < -0.39 is 11.7 Å². The van der Waals surface area contributed by atoms with Gasteiger partial charge in [0.15, 0.2) is 5.17 Å². The van der Waals surface area contributed by atoms with E-state index >= 15 is 0 Å². The second kappa shape index (κ2) is 6.76. The Hall–Kier alpha value is -2.54. The Morgan fingerprint density at radius 1 is 1.04 bits per heavy atom. The zero-order valence-electron chi connectivity index (χ0n) is 13.1. The summed E-state index contributed by atoms with van der Waals surface area (Å²) in [5, 5.41) is 3.09. The molecular formula is C18H13F3N2OS. The number of hydrogen-bond acceptors (Lipinski definition) is 3. The van der Waals surface area contributed by atoms with E-state index in [1.165, 1.54) is 18.2 Å². The van der Waals surface area contributed by atoms with E-state index in [0.29, 0.717) is 21.3 Å². The zero-order valence-corrected chi connectivity index (χ0v) is 13.9. The summed E-state index contributed by atoms with van der Waals surface area (Å²) >= 11 is 1.15. The Bertz CT molecular complexity index is 853. The molecule has 0 atom stereocenters. The molecular weight excluding hydrogens is 349 g/mol. The van der Waals surface area contributed by atoms with Gasteiger partial charge in [-0.25, -0.2) is 4.99 Å². The Morgan fingerprint density at radius 3 is 2.28 bits per heavy atom. The summed E-state index contributed by atoms with van der Waals surface area (Å²) in [4.78, 5) is 16.7. The Kier molecular flexibility index (Phi) is 4.67. The summed E-state index contributed by atoms with van der Waals surface area (Å²) in [7, 11) is 0.